The Bertz CT molecular complexity index is 983. The summed E-state index contributed by atoms with van der Waals surface area (Å²) < 4.78 is 7.66. The van der Waals surface area contributed by atoms with Crippen LogP contribution in [0.1, 0.15) is 5.56 Å². The quantitative estimate of drug-likeness (QED) is 0.558. The van der Waals surface area contributed by atoms with Crippen LogP contribution in [0.15, 0.2) is 65.6 Å². The van der Waals surface area contributed by atoms with E-state index in [2.05, 4.69) is 49.1 Å². The van der Waals surface area contributed by atoms with Gasteiger partial charge in [-0.3, -0.25) is 4.90 Å². The molecular weight excluding hydrogens is 340 g/mol. The second kappa shape index (κ2) is 6.85. The number of nitrogens with zero attached hydrogens (tertiary/aromatic N) is 6. The Balaban J connectivity index is 1.20. The second-order valence-corrected chi connectivity index (χ2v) is 6.73. The molecule has 0 amide bonds. The maximum Gasteiger partial charge on any atom is 0.298 e. The molecule has 4 aromatic rings. The van der Waals surface area contributed by atoms with Crippen molar-refractivity contribution in [2.75, 3.05) is 31.1 Å². The molecule has 0 saturated carbocycles. The number of anilines is 1. The van der Waals surface area contributed by atoms with E-state index in [1.807, 2.05) is 24.3 Å². The molecule has 2 aromatic carbocycles. The fourth-order valence-corrected chi connectivity index (χ4v) is 3.45. The summed E-state index contributed by atoms with van der Waals surface area (Å²) in [4.78, 5) is 13.3. The predicted octanol–water partition coefficient (Wildman–Crippen LogP) is 2.73. The molecule has 7 heteroatoms. The maximum atomic E-state index is 5.89. The number of aromatic nitrogens is 4. The topological polar surface area (TPSA) is 63.2 Å². The van der Waals surface area contributed by atoms with Gasteiger partial charge in [0.25, 0.3) is 6.01 Å². The number of oxazole rings is 1. The van der Waals surface area contributed by atoms with E-state index in [1.54, 1.807) is 17.3 Å². The van der Waals surface area contributed by atoms with Crippen LogP contribution in [0, 0.1) is 0 Å². The highest BCUT2D eigenvalue weighted by atomic mass is 16.4. The molecule has 136 valence electrons. The van der Waals surface area contributed by atoms with Gasteiger partial charge in [0.1, 0.15) is 18.2 Å². The molecule has 0 atom stereocenters. The maximum absolute atomic E-state index is 5.89. The van der Waals surface area contributed by atoms with Gasteiger partial charge in [0.2, 0.25) is 0 Å². The van der Waals surface area contributed by atoms with Crippen LogP contribution in [0.3, 0.4) is 0 Å². The average Bonchev–Trinajstić information content (AvgIpc) is 3.39. The number of fused-ring (bicyclic) bond motifs is 1. The molecule has 1 aliphatic rings. The molecular formula is C20H20N6O. The van der Waals surface area contributed by atoms with Crippen molar-refractivity contribution < 1.29 is 4.42 Å². The average molecular weight is 360 g/mol. The standard InChI is InChI=1S/C20H20N6O/c1-2-4-19-18(3-1)23-20(27-19)25-11-9-24(10-12-25)13-16-5-7-17(8-6-16)26-15-21-14-22-26/h1-8,14-15H,9-13H2. The summed E-state index contributed by atoms with van der Waals surface area (Å²) in [6, 6.07) is 17.1. The Kier molecular flexibility index (Phi) is 4.06. The van der Waals surface area contributed by atoms with E-state index in [1.165, 1.54) is 5.56 Å². The van der Waals surface area contributed by atoms with Gasteiger partial charge in [-0.25, -0.2) is 9.67 Å². The Morgan fingerprint density at radius 1 is 0.926 bits per heavy atom. The zero-order valence-corrected chi connectivity index (χ0v) is 14.9. The first kappa shape index (κ1) is 16.0. The van der Waals surface area contributed by atoms with E-state index in [4.69, 9.17) is 4.42 Å². The number of piperazine rings is 1. The molecule has 0 spiro atoms. The van der Waals surface area contributed by atoms with Crippen LogP contribution in [0.25, 0.3) is 16.8 Å². The summed E-state index contributed by atoms with van der Waals surface area (Å²) in [6.45, 7) is 4.76. The Hall–Kier alpha value is -3.19. The van der Waals surface area contributed by atoms with Gasteiger partial charge in [0.05, 0.1) is 5.69 Å². The highest BCUT2D eigenvalue weighted by Crippen LogP contribution is 2.23. The van der Waals surface area contributed by atoms with Crippen LogP contribution in [-0.2, 0) is 6.54 Å². The monoisotopic (exact) mass is 360 g/mol. The molecule has 0 bridgehead atoms. The molecule has 0 N–H and O–H groups in total. The molecule has 1 aliphatic heterocycles. The third-order valence-electron chi connectivity index (χ3n) is 4.95. The van der Waals surface area contributed by atoms with Crippen molar-refractivity contribution in [3.05, 3.63) is 66.7 Å². The summed E-state index contributed by atoms with van der Waals surface area (Å²) in [6.07, 6.45) is 3.25. The number of hydrogen-bond donors (Lipinski definition) is 0. The third kappa shape index (κ3) is 3.29. The summed E-state index contributed by atoms with van der Waals surface area (Å²) in [5.41, 5.74) is 4.09. The van der Waals surface area contributed by atoms with Gasteiger partial charge in [-0.05, 0) is 29.8 Å². The van der Waals surface area contributed by atoms with Gasteiger partial charge in [0.15, 0.2) is 5.58 Å². The van der Waals surface area contributed by atoms with Crippen molar-refractivity contribution in [1.29, 1.82) is 0 Å². The Morgan fingerprint density at radius 3 is 2.48 bits per heavy atom. The minimum atomic E-state index is 0.730. The zero-order valence-electron chi connectivity index (χ0n) is 14.9. The summed E-state index contributed by atoms with van der Waals surface area (Å²) in [7, 11) is 0. The lowest BCUT2D eigenvalue weighted by Crippen LogP contribution is -2.46. The van der Waals surface area contributed by atoms with Crippen molar-refractivity contribution in [3.63, 3.8) is 0 Å². The molecule has 0 radical (unpaired) electrons. The van der Waals surface area contributed by atoms with Gasteiger partial charge < -0.3 is 9.32 Å². The van der Waals surface area contributed by atoms with Crippen molar-refractivity contribution in [2.24, 2.45) is 0 Å². The zero-order chi connectivity index (χ0) is 18.1. The first-order valence-corrected chi connectivity index (χ1v) is 9.12. The molecule has 5 rings (SSSR count). The van der Waals surface area contributed by atoms with E-state index in [0.29, 0.717) is 0 Å². The van der Waals surface area contributed by atoms with Crippen LogP contribution in [-0.4, -0.2) is 50.8 Å². The Morgan fingerprint density at radius 2 is 1.74 bits per heavy atom. The normalized spacial score (nSPS) is 15.5. The molecule has 0 unspecified atom stereocenters. The lowest BCUT2D eigenvalue weighted by Gasteiger charge is -2.33. The minimum Gasteiger partial charge on any atom is -0.423 e. The molecule has 0 aliphatic carbocycles. The van der Waals surface area contributed by atoms with Gasteiger partial charge >= 0.3 is 0 Å². The summed E-state index contributed by atoms with van der Waals surface area (Å²) in [5, 5.41) is 4.16. The van der Waals surface area contributed by atoms with Crippen LogP contribution in [0.4, 0.5) is 6.01 Å². The highest BCUT2D eigenvalue weighted by Gasteiger charge is 2.21. The second-order valence-electron chi connectivity index (χ2n) is 6.73. The fourth-order valence-electron chi connectivity index (χ4n) is 3.45. The third-order valence-corrected chi connectivity index (χ3v) is 4.95. The first-order chi connectivity index (χ1) is 13.3. The molecule has 3 heterocycles. The van der Waals surface area contributed by atoms with Crippen LogP contribution in [0.5, 0.6) is 0 Å². The van der Waals surface area contributed by atoms with Gasteiger partial charge in [-0.1, -0.05) is 24.3 Å². The van der Waals surface area contributed by atoms with E-state index in [9.17, 15) is 0 Å². The molecule has 2 aromatic heterocycles. The molecule has 27 heavy (non-hydrogen) atoms. The van der Waals surface area contributed by atoms with Crippen LogP contribution < -0.4 is 4.90 Å². The largest absolute Gasteiger partial charge is 0.423 e. The summed E-state index contributed by atoms with van der Waals surface area (Å²) >= 11 is 0. The number of benzene rings is 2. The first-order valence-electron chi connectivity index (χ1n) is 9.12. The van der Waals surface area contributed by atoms with E-state index < -0.39 is 0 Å². The number of para-hydroxylation sites is 2. The fraction of sp³-hybridized carbons (Fsp3) is 0.250. The number of rotatable bonds is 4. The van der Waals surface area contributed by atoms with Gasteiger partial charge in [-0.15, -0.1) is 0 Å². The molecule has 7 nitrogen and oxygen atoms in total. The minimum absolute atomic E-state index is 0.730. The van der Waals surface area contributed by atoms with E-state index in [-0.39, 0.29) is 0 Å². The van der Waals surface area contributed by atoms with Gasteiger partial charge in [0, 0.05) is 32.7 Å². The van der Waals surface area contributed by atoms with E-state index in [0.717, 1.165) is 55.5 Å². The Labute approximate surface area is 156 Å². The van der Waals surface area contributed by atoms with Crippen molar-refractivity contribution in [3.8, 4) is 5.69 Å². The number of hydrogen-bond acceptors (Lipinski definition) is 6. The highest BCUT2D eigenvalue weighted by molar-refractivity contribution is 5.74. The summed E-state index contributed by atoms with van der Waals surface area (Å²) in [5.74, 6) is 0. The van der Waals surface area contributed by atoms with Crippen molar-refractivity contribution >= 4 is 17.1 Å². The van der Waals surface area contributed by atoms with Crippen LogP contribution in [0.2, 0.25) is 0 Å². The lowest BCUT2D eigenvalue weighted by atomic mass is 10.2. The van der Waals surface area contributed by atoms with Gasteiger partial charge in [-0.2, -0.15) is 10.1 Å². The van der Waals surface area contributed by atoms with Crippen molar-refractivity contribution in [1.82, 2.24) is 24.6 Å². The lowest BCUT2D eigenvalue weighted by molar-refractivity contribution is 0.245. The van der Waals surface area contributed by atoms with Crippen molar-refractivity contribution in [2.45, 2.75) is 6.54 Å². The molecule has 1 fully saturated rings. The smallest absolute Gasteiger partial charge is 0.298 e. The predicted molar refractivity (Wildman–Crippen MR) is 103 cm³/mol. The SMILES string of the molecule is c1ccc2oc(N3CCN(Cc4ccc(-n5cncn5)cc4)CC3)nc2c1. The van der Waals surface area contributed by atoms with E-state index >= 15 is 0 Å². The molecule has 1 saturated heterocycles. The van der Waals surface area contributed by atoms with Crippen LogP contribution >= 0.6 is 0 Å².